The fraction of sp³-hybridized carbons (Fsp3) is 0.167. The first-order chi connectivity index (χ1) is 13.5. The van der Waals surface area contributed by atoms with E-state index in [1.807, 2.05) is 0 Å². The van der Waals surface area contributed by atoms with Crippen LogP contribution < -0.4 is 5.32 Å². The Bertz CT molecular complexity index is 1170. The van der Waals surface area contributed by atoms with Crippen LogP contribution in [0.4, 0.5) is 11.4 Å². The number of nitro benzene ring substituents is 1. The molecule has 2 aromatic carbocycles. The van der Waals surface area contributed by atoms with Gasteiger partial charge >= 0.3 is 0 Å². The molecule has 29 heavy (non-hydrogen) atoms. The van der Waals surface area contributed by atoms with Crippen molar-refractivity contribution in [2.45, 2.75) is 17.9 Å². The minimum Gasteiger partial charge on any atom is -0.324 e. The summed E-state index contributed by atoms with van der Waals surface area (Å²) in [7, 11) is -3.50. The van der Waals surface area contributed by atoms with Crippen molar-refractivity contribution in [1.82, 2.24) is 4.90 Å². The van der Waals surface area contributed by atoms with Gasteiger partial charge in [-0.15, -0.1) is 0 Å². The summed E-state index contributed by atoms with van der Waals surface area (Å²) < 4.78 is 23.3. The van der Waals surface area contributed by atoms with Gasteiger partial charge in [0, 0.05) is 18.0 Å². The number of imide groups is 1. The van der Waals surface area contributed by atoms with Crippen molar-refractivity contribution < 1.29 is 27.7 Å². The molecule has 0 aromatic heterocycles. The van der Waals surface area contributed by atoms with Gasteiger partial charge in [-0.1, -0.05) is 12.1 Å². The zero-order valence-corrected chi connectivity index (χ0v) is 16.1. The van der Waals surface area contributed by atoms with Gasteiger partial charge in [-0.05, 0) is 31.2 Å². The van der Waals surface area contributed by atoms with Crippen molar-refractivity contribution >= 4 is 38.9 Å². The minimum atomic E-state index is -3.50. The molecule has 1 atom stereocenters. The van der Waals surface area contributed by atoms with Crippen LogP contribution in [0.1, 0.15) is 27.6 Å². The second-order valence-electron chi connectivity index (χ2n) is 6.40. The summed E-state index contributed by atoms with van der Waals surface area (Å²) >= 11 is 0. The van der Waals surface area contributed by atoms with Gasteiger partial charge in [0.25, 0.3) is 17.5 Å². The maximum atomic E-state index is 12.7. The van der Waals surface area contributed by atoms with E-state index in [1.165, 1.54) is 43.3 Å². The van der Waals surface area contributed by atoms with E-state index in [4.69, 9.17) is 0 Å². The molecule has 0 unspecified atom stereocenters. The van der Waals surface area contributed by atoms with Crippen molar-refractivity contribution in [3.8, 4) is 0 Å². The fourth-order valence-corrected chi connectivity index (χ4v) is 3.62. The number of benzene rings is 2. The Morgan fingerprint density at radius 1 is 1.14 bits per heavy atom. The third-order valence-corrected chi connectivity index (χ3v) is 5.53. The van der Waals surface area contributed by atoms with E-state index in [0.29, 0.717) is 4.90 Å². The average molecular weight is 417 g/mol. The molecular formula is C18H15N3O7S. The number of sulfone groups is 1. The lowest BCUT2D eigenvalue weighted by Crippen LogP contribution is -2.45. The number of hydrogen-bond acceptors (Lipinski definition) is 7. The summed E-state index contributed by atoms with van der Waals surface area (Å²) in [5, 5.41) is 13.6. The standard InChI is InChI=1S/C18H15N3O7S/c1-10(16(22)19-11-5-3-6-12(9-11)29(2,27)28)20-17(23)13-7-4-8-14(21(25)26)15(13)18(20)24/h3-10H,1-2H3,(H,19,22)/t10-/m0/s1. The van der Waals surface area contributed by atoms with Gasteiger partial charge in [-0.2, -0.15) is 0 Å². The monoisotopic (exact) mass is 417 g/mol. The van der Waals surface area contributed by atoms with Gasteiger partial charge in [0.2, 0.25) is 5.91 Å². The Morgan fingerprint density at radius 2 is 1.79 bits per heavy atom. The number of nitrogens with zero attached hydrogens (tertiary/aromatic N) is 2. The number of carbonyl (C=O) groups is 3. The lowest BCUT2D eigenvalue weighted by atomic mass is 10.1. The number of nitrogens with one attached hydrogen (secondary N) is 1. The number of amides is 3. The van der Waals surface area contributed by atoms with Crippen LogP contribution in [-0.2, 0) is 14.6 Å². The predicted molar refractivity (Wildman–Crippen MR) is 101 cm³/mol. The zero-order valence-electron chi connectivity index (χ0n) is 15.3. The van der Waals surface area contributed by atoms with E-state index in [0.717, 1.165) is 12.3 Å². The first kappa shape index (κ1) is 20.1. The molecule has 1 heterocycles. The fourth-order valence-electron chi connectivity index (χ4n) is 2.96. The maximum Gasteiger partial charge on any atom is 0.282 e. The molecule has 1 aliphatic heterocycles. The van der Waals surface area contributed by atoms with E-state index in [1.54, 1.807) is 0 Å². The molecule has 10 nitrogen and oxygen atoms in total. The first-order valence-electron chi connectivity index (χ1n) is 8.28. The van der Waals surface area contributed by atoms with E-state index in [9.17, 15) is 32.9 Å². The molecule has 3 amide bonds. The lowest BCUT2D eigenvalue weighted by molar-refractivity contribution is -0.385. The second-order valence-corrected chi connectivity index (χ2v) is 8.42. The quantitative estimate of drug-likeness (QED) is 0.442. The summed E-state index contributed by atoms with van der Waals surface area (Å²) in [6.45, 7) is 1.29. The first-order valence-corrected chi connectivity index (χ1v) is 10.2. The SMILES string of the molecule is C[C@@H](C(=O)Nc1cccc(S(C)(=O)=O)c1)N1C(=O)c2cccc([N+](=O)[O-])c2C1=O. The molecule has 1 aliphatic rings. The second kappa shape index (κ2) is 7.09. The molecule has 0 saturated heterocycles. The van der Waals surface area contributed by atoms with Gasteiger partial charge in [-0.25, -0.2) is 8.42 Å². The summed E-state index contributed by atoms with van der Waals surface area (Å²) in [6.07, 6.45) is 1.02. The van der Waals surface area contributed by atoms with Gasteiger partial charge in [-0.3, -0.25) is 29.4 Å². The molecule has 0 fully saturated rings. The third-order valence-electron chi connectivity index (χ3n) is 4.42. The number of rotatable bonds is 5. The van der Waals surface area contributed by atoms with E-state index >= 15 is 0 Å². The molecule has 0 saturated carbocycles. The smallest absolute Gasteiger partial charge is 0.282 e. The zero-order chi connectivity index (χ0) is 21.5. The van der Waals surface area contributed by atoms with Crippen molar-refractivity contribution in [3.05, 3.63) is 63.7 Å². The minimum absolute atomic E-state index is 0.0145. The number of hydrogen-bond donors (Lipinski definition) is 1. The summed E-state index contributed by atoms with van der Waals surface area (Å²) in [6, 6.07) is 7.87. The van der Waals surface area contributed by atoms with E-state index < -0.39 is 44.2 Å². The maximum absolute atomic E-state index is 12.7. The molecule has 2 aromatic rings. The number of carbonyl (C=O) groups excluding carboxylic acids is 3. The molecule has 0 radical (unpaired) electrons. The van der Waals surface area contributed by atoms with E-state index in [-0.39, 0.29) is 21.7 Å². The van der Waals surface area contributed by atoms with Crippen LogP contribution in [0.2, 0.25) is 0 Å². The van der Waals surface area contributed by atoms with Crippen LogP contribution >= 0.6 is 0 Å². The topological polar surface area (TPSA) is 144 Å². The highest BCUT2D eigenvalue weighted by Crippen LogP contribution is 2.32. The molecule has 11 heteroatoms. The summed E-state index contributed by atoms with van der Waals surface area (Å²) in [5.41, 5.74) is -0.867. The Kier molecular flexibility index (Phi) is 4.93. The Morgan fingerprint density at radius 3 is 2.41 bits per heavy atom. The van der Waals surface area contributed by atoms with Gasteiger partial charge in [0.1, 0.15) is 11.6 Å². The van der Waals surface area contributed by atoms with Gasteiger partial charge in [0.05, 0.1) is 15.4 Å². The van der Waals surface area contributed by atoms with Crippen LogP contribution in [0, 0.1) is 10.1 Å². The van der Waals surface area contributed by atoms with Crippen molar-refractivity contribution in [2.24, 2.45) is 0 Å². The highest BCUT2D eigenvalue weighted by Gasteiger charge is 2.44. The largest absolute Gasteiger partial charge is 0.324 e. The van der Waals surface area contributed by atoms with Crippen LogP contribution in [0.3, 0.4) is 0 Å². The lowest BCUT2D eigenvalue weighted by Gasteiger charge is -2.21. The molecule has 1 N–H and O–H groups in total. The highest BCUT2D eigenvalue weighted by molar-refractivity contribution is 7.90. The van der Waals surface area contributed by atoms with Gasteiger partial charge in [0.15, 0.2) is 9.84 Å². The normalized spacial score (nSPS) is 14.5. The Labute approximate surface area is 165 Å². The number of anilines is 1. The van der Waals surface area contributed by atoms with Crippen LogP contribution in [0.25, 0.3) is 0 Å². The Balaban J connectivity index is 1.88. The molecule has 150 valence electrons. The number of fused-ring (bicyclic) bond motifs is 1. The number of nitro groups is 1. The van der Waals surface area contributed by atoms with Crippen LogP contribution in [0.5, 0.6) is 0 Å². The molecule has 0 aliphatic carbocycles. The average Bonchev–Trinajstić information content (AvgIpc) is 2.91. The van der Waals surface area contributed by atoms with Crippen molar-refractivity contribution in [1.29, 1.82) is 0 Å². The molecule has 0 spiro atoms. The van der Waals surface area contributed by atoms with Crippen molar-refractivity contribution in [2.75, 3.05) is 11.6 Å². The predicted octanol–water partition coefficient (Wildman–Crippen LogP) is 1.62. The highest BCUT2D eigenvalue weighted by atomic mass is 32.2. The Hall–Kier alpha value is -3.60. The van der Waals surface area contributed by atoms with Gasteiger partial charge < -0.3 is 5.32 Å². The molecule has 3 rings (SSSR count). The van der Waals surface area contributed by atoms with Crippen LogP contribution in [-0.4, -0.2) is 48.3 Å². The van der Waals surface area contributed by atoms with Crippen LogP contribution in [0.15, 0.2) is 47.4 Å². The summed E-state index contributed by atoms with van der Waals surface area (Å²) in [5.74, 6) is -2.51. The molecule has 0 bridgehead atoms. The summed E-state index contributed by atoms with van der Waals surface area (Å²) in [4.78, 5) is 48.9. The third kappa shape index (κ3) is 3.59. The molecular weight excluding hydrogens is 402 g/mol. The van der Waals surface area contributed by atoms with E-state index in [2.05, 4.69) is 5.32 Å². The van der Waals surface area contributed by atoms with Crippen molar-refractivity contribution in [3.63, 3.8) is 0 Å².